The summed E-state index contributed by atoms with van der Waals surface area (Å²) in [5.41, 5.74) is 3.48. The van der Waals surface area contributed by atoms with Crippen LogP contribution in [-0.4, -0.2) is 30.7 Å². The van der Waals surface area contributed by atoms with Gasteiger partial charge >= 0.3 is 0 Å². The molecule has 2 aromatic carbocycles. The molecule has 5 heteroatoms. The lowest BCUT2D eigenvalue weighted by atomic mass is 9.87. The molecule has 1 unspecified atom stereocenters. The molecule has 1 amide bonds. The van der Waals surface area contributed by atoms with Crippen LogP contribution in [-0.2, 0) is 16.1 Å². The lowest BCUT2D eigenvalue weighted by Gasteiger charge is -2.43. The first-order chi connectivity index (χ1) is 14.7. The zero-order valence-corrected chi connectivity index (χ0v) is 19.3. The molecule has 0 aromatic heterocycles. The Balaban J connectivity index is 0.00000272. The van der Waals surface area contributed by atoms with Gasteiger partial charge in [-0.1, -0.05) is 60.9 Å². The Kier molecular flexibility index (Phi) is 8.53. The van der Waals surface area contributed by atoms with Gasteiger partial charge in [0.05, 0.1) is 5.60 Å². The van der Waals surface area contributed by atoms with E-state index in [4.69, 9.17) is 4.74 Å². The summed E-state index contributed by atoms with van der Waals surface area (Å²) in [6.07, 6.45) is 7.15. The molecule has 1 aliphatic carbocycles. The predicted molar refractivity (Wildman–Crippen MR) is 129 cm³/mol. The Bertz CT molecular complexity index is 819. The minimum absolute atomic E-state index is 0. The average molecular weight is 443 g/mol. The van der Waals surface area contributed by atoms with Crippen LogP contribution in [0.3, 0.4) is 0 Å². The van der Waals surface area contributed by atoms with Gasteiger partial charge < -0.3 is 15.0 Å². The van der Waals surface area contributed by atoms with Gasteiger partial charge in [0, 0.05) is 37.8 Å². The summed E-state index contributed by atoms with van der Waals surface area (Å²) >= 11 is 0. The van der Waals surface area contributed by atoms with Crippen LogP contribution in [0.4, 0.5) is 5.69 Å². The van der Waals surface area contributed by atoms with Gasteiger partial charge in [-0.25, -0.2) is 0 Å². The Morgan fingerprint density at radius 3 is 2.52 bits per heavy atom. The molecule has 31 heavy (non-hydrogen) atoms. The van der Waals surface area contributed by atoms with E-state index in [9.17, 15) is 4.79 Å². The standard InChI is InChI=1S/C26H34N2O2.ClH/c1-21-9-11-23(12-10-21)28(24-14-18-30-26(19-24)15-5-6-16-26)25(29)13-17-27-20-22-7-3-2-4-8-22;/h2-4,7-12,24,27H,5-6,13-20H2,1H3;1H. The summed E-state index contributed by atoms with van der Waals surface area (Å²) < 4.78 is 6.24. The number of benzene rings is 2. The van der Waals surface area contributed by atoms with E-state index in [1.807, 2.05) is 18.2 Å². The summed E-state index contributed by atoms with van der Waals surface area (Å²) in [6.45, 7) is 4.32. The van der Waals surface area contributed by atoms with Crippen molar-refractivity contribution in [3.05, 3.63) is 65.7 Å². The maximum absolute atomic E-state index is 13.4. The zero-order chi connectivity index (χ0) is 20.8. The topological polar surface area (TPSA) is 41.6 Å². The van der Waals surface area contributed by atoms with E-state index in [0.29, 0.717) is 13.0 Å². The van der Waals surface area contributed by atoms with Gasteiger partial charge in [-0.05, 0) is 50.3 Å². The van der Waals surface area contributed by atoms with Crippen LogP contribution in [0.2, 0.25) is 0 Å². The first-order valence-electron chi connectivity index (χ1n) is 11.4. The van der Waals surface area contributed by atoms with Gasteiger partial charge in [0.2, 0.25) is 5.91 Å². The highest BCUT2D eigenvalue weighted by molar-refractivity contribution is 5.94. The minimum Gasteiger partial charge on any atom is -0.375 e. The second kappa shape index (κ2) is 11.1. The van der Waals surface area contributed by atoms with Crippen molar-refractivity contribution in [2.24, 2.45) is 0 Å². The third-order valence-electron chi connectivity index (χ3n) is 6.62. The fourth-order valence-corrected chi connectivity index (χ4v) is 5.00. The first-order valence-corrected chi connectivity index (χ1v) is 11.4. The summed E-state index contributed by atoms with van der Waals surface area (Å²) in [4.78, 5) is 15.5. The molecule has 1 aliphatic heterocycles. The Hall–Kier alpha value is -1.88. The summed E-state index contributed by atoms with van der Waals surface area (Å²) in [6, 6.07) is 19.0. The molecule has 1 saturated heterocycles. The van der Waals surface area contributed by atoms with Crippen molar-refractivity contribution in [1.29, 1.82) is 0 Å². The lowest BCUT2D eigenvalue weighted by molar-refractivity contribution is -0.121. The van der Waals surface area contributed by atoms with Crippen molar-refractivity contribution in [3.8, 4) is 0 Å². The molecule has 0 radical (unpaired) electrons. The fraction of sp³-hybridized carbons (Fsp3) is 0.500. The van der Waals surface area contributed by atoms with Crippen molar-refractivity contribution in [2.45, 2.75) is 70.1 Å². The number of carbonyl (C=O) groups excluding carboxylic acids is 1. The molecule has 1 atom stereocenters. The Morgan fingerprint density at radius 2 is 1.81 bits per heavy atom. The Morgan fingerprint density at radius 1 is 1.10 bits per heavy atom. The van der Waals surface area contributed by atoms with Gasteiger partial charge in [-0.15, -0.1) is 12.4 Å². The highest BCUT2D eigenvalue weighted by Crippen LogP contribution is 2.42. The normalized spacial score (nSPS) is 19.7. The van der Waals surface area contributed by atoms with Crippen molar-refractivity contribution in [1.82, 2.24) is 5.32 Å². The van der Waals surface area contributed by atoms with Gasteiger partial charge in [0.1, 0.15) is 0 Å². The van der Waals surface area contributed by atoms with Gasteiger partial charge in [-0.2, -0.15) is 0 Å². The molecular weight excluding hydrogens is 408 g/mol. The maximum Gasteiger partial charge on any atom is 0.228 e. The van der Waals surface area contributed by atoms with Crippen LogP contribution >= 0.6 is 12.4 Å². The second-order valence-electron chi connectivity index (χ2n) is 8.90. The highest BCUT2D eigenvalue weighted by atomic mass is 35.5. The molecule has 1 N–H and O–H groups in total. The van der Waals surface area contributed by atoms with E-state index in [1.54, 1.807) is 0 Å². The van der Waals surface area contributed by atoms with Gasteiger partial charge in [0.15, 0.2) is 0 Å². The minimum atomic E-state index is -0.00228. The quantitative estimate of drug-likeness (QED) is 0.582. The molecule has 2 aromatic rings. The second-order valence-corrected chi connectivity index (χ2v) is 8.90. The van der Waals surface area contributed by atoms with Crippen molar-refractivity contribution in [2.75, 3.05) is 18.1 Å². The van der Waals surface area contributed by atoms with E-state index in [1.165, 1.54) is 24.0 Å². The largest absolute Gasteiger partial charge is 0.375 e. The number of ether oxygens (including phenoxy) is 1. The first kappa shape index (κ1) is 23.8. The summed E-state index contributed by atoms with van der Waals surface area (Å²) in [7, 11) is 0. The van der Waals surface area contributed by atoms with E-state index in [-0.39, 0.29) is 30.0 Å². The highest BCUT2D eigenvalue weighted by Gasteiger charge is 2.42. The number of hydrogen-bond acceptors (Lipinski definition) is 3. The molecule has 4 rings (SSSR count). The summed E-state index contributed by atoms with van der Waals surface area (Å²) in [5, 5.41) is 3.43. The SMILES string of the molecule is Cc1ccc(N(C(=O)CCNCc2ccccc2)C2CCOC3(CCCC3)C2)cc1.Cl. The number of nitrogens with one attached hydrogen (secondary N) is 1. The van der Waals surface area contributed by atoms with Crippen molar-refractivity contribution >= 4 is 24.0 Å². The number of amides is 1. The zero-order valence-electron chi connectivity index (χ0n) is 18.5. The van der Waals surface area contributed by atoms with E-state index in [0.717, 1.165) is 44.5 Å². The van der Waals surface area contributed by atoms with E-state index >= 15 is 0 Å². The van der Waals surface area contributed by atoms with Crippen molar-refractivity contribution in [3.63, 3.8) is 0 Å². The van der Waals surface area contributed by atoms with E-state index < -0.39 is 0 Å². The van der Waals surface area contributed by atoms with Gasteiger partial charge in [-0.3, -0.25) is 4.79 Å². The molecule has 2 aliphatic rings. The number of aryl methyl sites for hydroxylation is 1. The van der Waals surface area contributed by atoms with Crippen molar-refractivity contribution < 1.29 is 9.53 Å². The monoisotopic (exact) mass is 442 g/mol. The maximum atomic E-state index is 13.4. The van der Waals surface area contributed by atoms with Crippen LogP contribution in [0, 0.1) is 6.92 Å². The number of anilines is 1. The number of rotatable bonds is 7. The van der Waals surface area contributed by atoms with Crippen LogP contribution in [0.5, 0.6) is 0 Å². The van der Waals surface area contributed by atoms with Crippen LogP contribution in [0.25, 0.3) is 0 Å². The fourth-order valence-electron chi connectivity index (χ4n) is 5.00. The molecular formula is C26H35ClN2O2. The van der Waals surface area contributed by atoms with E-state index in [2.05, 4.69) is 53.5 Å². The van der Waals surface area contributed by atoms with Crippen LogP contribution < -0.4 is 10.2 Å². The lowest BCUT2D eigenvalue weighted by Crippen LogP contribution is -2.50. The molecule has 1 heterocycles. The molecule has 168 valence electrons. The van der Waals surface area contributed by atoms with Crippen LogP contribution in [0.1, 0.15) is 56.1 Å². The number of carbonyl (C=O) groups is 1. The molecule has 1 saturated carbocycles. The van der Waals surface area contributed by atoms with Gasteiger partial charge in [0.25, 0.3) is 0 Å². The molecule has 2 fully saturated rings. The molecule has 1 spiro atoms. The third kappa shape index (κ3) is 6.09. The third-order valence-corrected chi connectivity index (χ3v) is 6.62. The molecule has 4 nitrogen and oxygen atoms in total. The Labute approximate surface area is 192 Å². The smallest absolute Gasteiger partial charge is 0.228 e. The number of halogens is 1. The predicted octanol–water partition coefficient (Wildman–Crippen LogP) is 5.42. The average Bonchev–Trinajstić information content (AvgIpc) is 3.21. The number of nitrogens with zero attached hydrogens (tertiary/aromatic N) is 1. The summed E-state index contributed by atoms with van der Waals surface area (Å²) in [5.74, 6) is 0.208. The van der Waals surface area contributed by atoms with Crippen LogP contribution in [0.15, 0.2) is 54.6 Å². The molecule has 0 bridgehead atoms. The number of hydrogen-bond donors (Lipinski definition) is 1.